The van der Waals surface area contributed by atoms with Crippen molar-refractivity contribution in [2.75, 3.05) is 6.54 Å². The molecule has 0 unspecified atom stereocenters. The molecule has 4 nitrogen and oxygen atoms in total. The van der Waals surface area contributed by atoms with E-state index in [2.05, 4.69) is 12.7 Å². The van der Waals surface area contributed by atoms with Gasteiger partial charge in [-0.05, 0) is 40.5 Å². The van der Waals surface area contributed by atoms with E-state index in [1.165, 1.54) is 10.5 Å². The molecule has 0 aromatic rings. The maximum Gasteiger partial charge on any atom is 0.413 e. The van der Waals surface area contributed by atoms with Crippen LogP contribution in [-0.2, 0) is 4.74 Å². The van der Waals surface area contributed by atoms with Crippen LogP contribution in [0.4, 0.5) is 4.79 Å². The van der Waals surface area contributed by atoms with Crippen LogP contribution in [0.15, 0.2) is 24.3 Å². The summed E-state index contributed by atoms with van der Waals surface area (Å²) in [6.07, 6.45) is 4.53. The lowest BCUT2D eigenvalue weighted by Gasteiger charge is -2.37. The van der Waals surface area contributed by atoms with Crippen LogP contribution < -0.4 is 0 Å². The number of hydrogen-bond donors (Lipinski definition) is 1. The largest absolute Gasteiger partial charge is 0.438 e. The normalized spacial score (nSPS) is 31.2. The van der Waals surface area contributed by atoms with Crippen LogP contribution in [0.1, 0.15) is 40.5 Å². The van der Waals surface area contributed by atoms with Gasteiger partial charge in [0.1, 0.15) is 0 Å². The van der Waals surface area contributed by atoms with Crippen LogP contribution in [0, 0.1) is 0 Å². The number of carbonyl (C=O) groups excluding carboxylic acids is 1. The van der Waals surface area contributed by atoms with Crippen molar-refractivity contribution in [3.63, 3.8) is 0 Å². The fourth-order valence-electron chi connectivity index (χ4n) is 2.11. The molecule has 0 aromatic heterocycles. The fraction of sp³-hybridized carbons (Fsp3) is 0.643. The highest BCUT2D eigenvalue weighted by Gasteiger charge is 2.58. The second kappa shape index (κ2) is 5.14. The lowest BCUT2D eigenvalue weighted by Crippen LogP contribution is -2.54. The average Bonchev–Trinajstić information content (AvgIpc) is 2.39. The van der Waals surface area contributed by atoms with Gasteiger partial charge in [0.2, 0.25) is 0 Å². The molecule has 0 bridgehead atoms. The summed E-state index contributed by atoms with van der Waals surface area (Å²) in [5.74, 6) is 0. The maximum absolute atomic E-state index is 11.8. The number of allylic oxidation sites excluding steroid dienone is 2. The topological polar surface area (TPSA) is 49.8 Å². The minimum absolute atomic E-state index is 0.282. The van der Waals surface area contributed by atoms with E-state index in [0.29, 0.717) is 6.42 Å². The van der Waals surface area contributed by atoms with E-state index in [1.54, 1.807) is 19.9 Å². The Morgan fingerprint density at radius 1 is 1.50 bits per heavy atom. The highest BCUT2D eigenvalue weighted by molar-refractivity contribution is 5.72. The molecule has 1 aliphatic heterocycles. The Bertz CT molecular complexity index is 369. The van der Waals surface area contributed by atoms with Crippen molar-refractivity contribution in [3.8, 4) is 0 Å². The minimum atomic E-state index is -1.31. The maximum atomic E-state index is 11.8. The summed E-state index contributed by atoms with van der Waals surface area (Å²) in [6.45, 7) is 11.3. The number of ether oxygens (including phenoxy) is 1. The molecule has 0 radical (unpaired) electrons. The Hall–Kier alpha value is -1.29. The molecule has 1 aliphatic rings. The van der Waals surface area contributed by atoms with Crippen LogP contribution >= 0.6 is 0 Å². The number of nitrogens with zero attached hydrogens (tertiary/aromatic N) is 1. The first-order valence-electron chi connectivity index (χ1n) is 6.22. The van der Waals surface area contributed by atoms with Crippen LogP contribution in [0.2, 0.25) is 0 Å². The second-order valence-electron chi connectivity index (χ2n) is 5.34. The predicted octanol–water partition coefficient (Wildman–Crippen LogP) is 2.84. The highest BCUT2D eigenvalue weighted by Crippen LogP contribution is 2.40. The van der Waals surface area contributed by atoms with Crippen LogP contribution in [0.3, 0.4) is 0 Å². The van der Waals surface area contributed by atoms with E-state index in [4.69, 9.17) is 4.74 Å². The first-order valence-corrected chi connectivity index (χ1v) is 6.22. The Kier molecular flexibility index (Phi) is 4.22. The molecule has 102 valence electrons. The zero-order valence-corrected chi connectivity index (χ0v) is 11.7. The van der Waals surface area contributed by atoms with Crippen molar-refractivity contribution >= 4 is 6.09 Å². The third-order valence-corrected chi connectivity index (χ3v) is 3.55. The van der Waals surface area contributed by atoms with Crippen molar-refractivity contribution < 1.29 is 14.6 Å². The monoisotopic (exact) mass is 253 g/mol. The molecule has 1 heterocycles. The van der Waals surface area contributed by atoms with E-state index in [1.807, 2.05) is 13.8 Å². The summed E-state index contributed by atoms with van der Waals surface area (Å²) in [7, 11) is 0. The van der Waals surface area contributed by atoms with Gasteiger partial charge in [0.25, 0.3) is 0 Å². The average molecular weight is 253 g/mol. The number of aliphatic hydroxyl groups is 1. The third-order valence-electron chi connectivity index (χ3n) is 3.55. The minimum Gasteiger partial charge on any atom is -0.438 e. The van der Waals surface area contributed by atoms with Crippen LogP contribution in [0.25, 0.3) is 0 Å². The fourth-order valence-corrected chi connectivity index (χ4v) is 2.11. The van der Waals surface area contributed by atoms with Crippen molar-refractivity contribution in [1.29, 1.82) is 0 Å². The zero-order chi connectivity index (χ0) is 14.0. The number of amides is 1. The molecular formula is C14H23NO3. The van der Waals surface area contributed by atoms with Gasteiger partial charge in [-0.25, -0.2) is 4.79 Å². The molecule has 18 heavy (non-hydrogen) atoms. The summed E-state index contributed by atoms with van der Waals surface area (Å²) in [6, 6.07) is 0. The van der Waals surface area contributed by atoms with Gasteiger partial charge in [0.05, 0.1) is 0 Å². The first kappa shape index (κ1) is 14.8. The van der Waals surface area contributed by atoms with Crippen molar-refractivity contribution in [2.45, 2.75) is 51.9 Å². The number of hydrogen-bond acceptors (Lipinski definition) is 3. The molecule has 0 aromatic carbocycles. The van der Waals surface area contributed by atoms with E-state index in [-0.39, 0.29) is 6.54 Å². The third kappa shape index (κ3) is 2.58. The molecule has 0 saturated carbocycles. The molecule has 1 rings (SSSR count). The predicted molar refractivity (Wildman–Crippen MR) is 71.1 cm³/mol. The number of carbonyl (C=O) groups is 1. The van der Waals surface area contributed by atoms with Gasteiger partial charge in [0.15, 0.2) is 11.3 Å². The van der Waals surface area contributed by atoms with Gasteiger partial charge < -0.3 is 9.84 Å². The summed E-state index contributed by atoms with van der Waals surface area (Å²) in [5.41, 5.74) is -0.988. The van der Waals surface area contributed by atoms with Gasteiger partial charge in [-0.1, -0.05) is 17.7 Å². The lowest BCUT2D eigenvalue weighted by molar-refractivity contribution is -0.136. The molecule has 1 amide bonds. The Morgan fingerprint density at radius 3 is 2.61 bits per heavy atom. The summed E-state index contributed by atoms with van der Waals surface area (Å²) in [4.78, 5) is 13.1. The Balaban J connectivity index is 2.85. The van der Waals surface area contributed by atoms with Gasteiger partial charge >= 0.3 is 6.09 Å². The molecule has 1 saturated heterocycles. The summed E-state index contributed by atoms with van der Waals surface area (Å²) < 4.78 is 5.37. The standard InChI is InChI=1S/C14H23NO3/c1-6-10-15-12(16)18-13(4,14(15,5)17)9-7-8-11(2)3/h6,8,17H,1,7,9-10H2,2-5H3/t13-,14-/m1/s1. The second-order valence-corrected chi connectivity index (χ2v) is 5.34. The quantitative estimate of drug-likeness (QED) is 0.766. The smallest absolute Gasteiger partial charge is 0.413 e. The van der Waals surface area contributed by atoms with E-state index in [9.17, 15) is 9.90 Å². The summed E-state index contributed by atoms with van der Waals surface area (Å²) >= 11 is 0. The Morgan fingerprint density at radius 2 is 2.11 bits per heavy atom. The van der Waals surface area contributed by atoms with Gasteiger partial charge in [-0.3, -0.25) is 4.90 Å². The molecule has 0 spiro atoms. The Labute approximate surface area is 109 Å². The number of cyclic esters (lactones) is 1. The molecular weight excluding hydrogens is 230 g/mol. The van der Waals surface area contributed by atoms with Crippen LogP contribution in [-0.4, -0.2) is 34.0 Å². The first-order chi connectivity index (χ1) is 8.24. The van der Waals surface area contributed by atoms with Gasteiger partial charge in [-0.15, -0.1) is 6.58 Å². The summed E-state index contributed by atoms with van der Waals surface area (Å²) in [5, 5.41) is 10.6. The molecule has 1 fully saturated rings. The molecule has 1 N–H and O–H groups in total. The highest BCUT2D eigenvalue weighted by atomic mass is 16.6. The molecule has 0 aliphatic carbocycles. The van der Waals surface area contributed by atoms with E-state index < -0.39 is 17.4 Å². The van der Waals surface area contributed by atoms with Crippen molar-refractivity contribution in [3.05, 3.63) is 24.3 Å². The van der Waals surface area contributed by atoms with Crippen LogP contribution in [0.5, 0.6) is 0 Å². The zero-order valence-electron chi connectivity index (χ0n) is 11.7. The SMILES string of the molecule is C=CCN1C(=O)O[C@](C)(CCC=C(C)C)[C@@]1(C)O. The molecule has 2 atom stereocenters. The van der Waals surface area contributed by atoms with Gasteiger partial charge in [-0.2, -0.15) is 0 Å². The van der Waals surface area contributed by atoms with Gasteiger partial charge in [0, 0.05) is 6.54 Å². The van der Waals surface area contributed by atoms with E-state index >= 15 is 0 Å². The van der Waals surface area contributed by atoms with Crippen molar-refractivity contribution in [2.24, 2.45) is 0 Å². The van der Waals surface area contributed by atoms with E-state index in [0.717, 1.165) is 6.42 Å². The molecule has 4 heteroatoms. The van der Waals surface area contributed by atoms with Crippen molar-refractivity contribution in [1.82, 2.24) is 4.90 Å². The number of rotatable bonds is 5. The lowest BCUT2D eigenvalue weighted by atomic mass is 9.88.